The molecule has 4 aromatic rings. The summed E-state index contributed by atoms with van der Waals surface area (Å²) in [5.74, 6) is 0.747. The van der Waals surface area contributed by atoms with E-state index < -0.39 is 0 Å². The number of hydrogen-bond acceptors (Lipinski definition) is 5. The number of benzene rings is 1. The maximum atomic E-state index is 12.7. The zero-order valence-corrected chi connectivity index (χ0v) is 14.0. The maximum Gasteiger partial charge on any atom is 0.253 e. The number of rotatable bonds is 3. The van der Waals surface area contributed by atoms with Crippen LogP contribution < -0.4 is 10.2 Å². The fraction of sp³-hybridized carbons (Fsp3) is 0.222. The second-order valence-electron chi connectivity index (χ2n) is 6.47. The van der Waals surface area contributed by atoms with Crippen LogP contribution in [0, 0.1) is 0 Å². The number of carbonyl (C=O) groups is 1. The summed E-state index contributed by atoms with van der Waals surface area (Å²) in [6.07, 6.45) is 7.86. The molecule has 0 saturated carbocycles. The first kappa shape index (κ1) is 14.9. The smallest absolute Gasteiger partial charge is 0.253 e. The highest BCUT2D eigenvalue weighted by Gasteiger charge is 2.27. The van der Waals surface area contributed by atoms with Crippen molar-refractivity contribution in [2.45, 2.75) is 12.5 Å². The zero-order chi connectivity index (χ0) is 17.5. The Labute approximate surface area is 148 Å². The summed E-state index contributed by atoms with van der Waals surface area (Å²) in [6.45, 7) is 1.52. The number of nitrogens with zero attached hydrogens (tertiary/aromatic N) is 5. The molecule has 1 aliphatic rings. The number of anilines is 1. The molecule has 1 aromatic carbocycles. The summed E-state index contributed by atoms with van der Waals surface area (Å²) in [5, 5.41) is 12.2. The van der Waals surface area contributed by atoms with Gasteiger partial charge in [0.2, 0.25) is 5.65 Å². The molecule has 0 bridgehead atoms. The van der Waals surface area contributed by atoms with Gasteiger partial charge in [-0.05, 0) is 12.5 Å². The van der Waals surface area contributed by atoms with Crippen molar-refractivity contribution >= 4 is 28.3 Å². The van der Waals surface area contributed by atoms with Crippen molar-refractivity contribution in [1.29, 1.82) is 0 Å². The molecule has 5 rings (SSSR count). The monoisotopic (exact) mass is 347 g/mol. The molecule has 2 N–H and O–H groups in total. The number of aromatic amines is 1. The van der Waals surface area contributed by atoms with Gasteiger partial charge in [0, 0.05) is 48.6 Å². The number of nitrogens with one attached hydrogen (secondary N) is 2. The van der Waals surface area contributed by atoms with Crippen molar-refractivity contribution in [3.63, 3.8) is 0 Å². The summed E-state index contributed by atoms with van der Waals surface area (Å²) in [4.78, 5) is 22.4. The highest BCUT2D eigenvalue weighted by molar-refractivity contribution is 6.06. The van der Waals surface area contributed by atoms with Crippen LogP contribution in [0.2, 0.25) is 0 Å². The van der Waals surface area contributed by atoms with Crippen molar-refractivity contribution in [1.82, 2.24) is 29.9 Å². The van der Waals surface area contributed by atoms with Crippen molar-refractivity contribution in [3.8, 4) is 0 Å². The van der Waals surface area contributed by atoms with Crippen molar-refractivity contribution in [3.05, 3.63) is 54.7 Å². The second kappa shape index (κ2) is 5.83. The van der Waals surface area contributed by atoms with Crippen molar-refractivity contribution < 1.29 is 4.79 Å². The average Bonchev–Trinajstić information content (AvgIpc) is 3.40. The van der Waals surface area contributed by atoms with Crippen LogP contribution in [0.4, 0.5) is 5.82 Å². The van der Waals surface area contributed by atoms with Crippen LogP contribution in [-0.4, -0.2) is 49.6 Å². The summed E-state index contributed by atoms with van der Waals surface area (Å²) in [7, 11) is 0. The highest BCUT2D eigenvalue weighted by Crippen LogP contribution is 2.22. The van der Waals surface area contributed by atoms with Gasteiger partial charge in [-0.15, -0.1) is 10.2 Å². The average molecular weight is 347 g/mol. The highest BCUT2D eigenvalue weighted by atomic mass is 16.1. The van der Waals surface area contributed by atoms with E-state index in [-0.39, 0.29) is 11.9 Å². The molecule has 0 radical (unpaired) electrons. The molecule has 1 aliphatic heterocycles. The number of aromatic nitrogens is 5. The van der Waals surface area contributed by atoms with Gasteiger partial charge in [0.1, 0.15) is 6.33 Å². The van der Waals surface area contributed by atoms with Gasteiger partial charge in [0.25, 0.3) is 5.91 Å². The third-order valence-corrected chi connectivity index (χ3v) is 4.85. The summed E-state index contributed by atoms with van der Waals surface area (Å²) in [5.41, 5.74) is 2.38. The van der Waals surface area contributed by atoms with E-state index in [1.807, 2.05) is 34.9 Å². The molecule has 1 unspecified atom stereocenters. The van der Waals surface area contributed by atoms with Gasteiger partial charge >= 0.3 is 0 Å². The predicted octanol–water partition coefficient (Wildman–Crippen LogP) is 1.61. The Morgan fingerprint density at radius 3 is 3.19 bits per heavy atom. The summed E-state index contributed by atoms with van der Waals surface area (Å²) in [6, 6.07) is 7.88. The molecule has 1 saturated heterocycles. The Kier molecular flexibility index (Phi) is 3.34. The number of para-hydroxylation sites is 1. The Morgan fingerprint density at radius 2 is 2.23 bits per heavy atom. The molecular weight excluding hydrogens is 330 g/mol. The fourth-order valence-electron chi connectivity index (χ4n) is 3.56. The van der Waals surface area contributed by atoms with Gasteiger partial charge in [0.15, 0.2) is 5.82 Å². The van der Waals surface area contributed by atoms with Gasteiger partial charge in [-0.2, -0.15) is 0 Å². The summed E-state index contributed by atoms with van der Waals surface area (Å²) >= 11 is 0. The first-order chi connectivity index (χ1) is 12.8. The number of amides is 1. The lowest BCUT2D eigenvalue weighted by Gasteiger charge is -2.18. The SMILES string of the molecule is O=C(NC1CCN(c2nccn3cnnc23)C1)c1c[nH]c2ccccc12. The minimum Gasteiger partial charge on any atom is -0.360 e. The molecule has 8 heteroatoms. The fourth-order valence-corrected chi connectivity index (χ4v) is 3.56. The lowest BCUT2D eigenvalue weighted by molar-refractivity contribution is 0.0942. The molecule has 1 atom stereocenters. The minimum atomic E-state index is -0.0528. The van der Waals surface area contributed by atoms with Gasteiger partial charge in [-0.25, -0.2) is 4.98 Å². The first-order valence-electron chi connectivity index (χ1n) is 8.56. The van der Waals surface area contributed by atoms with Gasteiger partial charge < -0.3 is 15.2 Å². The molecule has 1 fully saturated rings. The van der Waals surface area contributed by atoms with Gasteiger partial charge in [-0.1, -0.05) is 18.2 Å². The lowest BCUT2D eigenvalue weighted by atomic mass is 10.1. The van der Waals surface area contributed by atoms with Gasteiger partial charge in [0.05, 0.1) is 5.56 Å². The van der Waals surface area contributed by atoms with Gasteiger partial charge in [-0.3, -0.25) is 9.20 Å². The standard InChI is InChI=1S/C18H17N7O/c26-18(14-9-20-15-4-2-1-3-13(14)15)22-12-5-7-24(10-12)16-17-23-21-11-25(17)8-6-19-16/h1-4,6,8-9,11-12,20H,5,7,10H2,(H,22,26). The molecule has 0 aliphatic carbocycles. The molecule has 130 valence electrons. The topological polar surface area (TPSA) is 91.2 Å². The Balaban J connectivity index is 1.33. The van der Waals surface area contributed by atoms with Crippen molar-refractivity contribution in [2.75, 3.05) is 18.0 Å². The molecule has 0 spiro atoms. The van der Waals surface area contributed by atoms with E-state index in [2.05, 4.69) is 30.4 Å². The molecule has 1 amide bonds. The minimum absolute atomic E-state index is 0.0528. The number of H-pyrrole nitrogens is 1. The van der Waals surface area contributed by atoms with Crippen LogP contribution in [0.5, 0.6) is 0 Å². The van der Waals surface area contributed by atoms with Crippen molar-refractivity contribution in [2.24, 2.45) is 0 Å². The Hall–Kier alpha value is -3.42. The molecule has 3 aromatic heterocycles. The van der Waals surface area contributed by atoms with Crippen LogP contribution in [-0.2, 0) is 0 Å². The normalized spacial score (nSPS) is 17.2. The number of hydrogen-bond donors (Lipinski definition) is 2. The number of fused-ring (bicyclic) bond motifs is 2. The van der Waals surface area contributed by atoms with E-state index in [0.717, 1.165) is 35.3 Å². The van der Waals surface area contributed by atoms with Crippen LogP contribution in [0.3, 0.4) is 0 Å². The van der Waals surface area contributed by atoms with Crippen LogP contribution >= 0.6 is 0 Å². The second-order valence-corrected chi connectivity index (χ2v) is 6.47. The zero-order valence-electron chi connectivity index (χ0n) is 14.0. The van der Waals surface area contributed by atoms with E-state index in [4.69, 9.17) is 0 Å². The van der Waals surface area contributed by atoms with E-state index >= 15 is 0 Å². The third-order valence-electron chi connectivity index (χ3n) is 4.85. The van der Waals surface area contributed by atoms with Crippen LogP contribution in [0.1, 0.15) is 16.8 Å². The maximum absolute atomic E-state index is 12.7. The van der Waals surface area contributed by atoms with Crippen LogP contribution in [0.15, 0.2) is 49.2 Å². The number of carbonyl (C=O) groups excluding carboxylic acids is 1. The first-order valence-corrected chi connectivity index (χ1v) is 8.56. The Bertz CT molecular complexity index is 1100. The molecular formula is C18H17N7O. The quantitative estimate of drug-likeness (QED) is 0.588. The van der Waals surface area contributed by atoms with Crippen LogP contribution in [0.25, 0.3) is 16.6 Å². The molecule has 8 nitrogen and oxygen atoms in total. The third kappa shape index (κ3) is 2.38. The largest absolute Gasteiger partial charge is 0.360 e. The Morgan fingerprint density at radius 1 is 1.31 bits per heavy atom. The van der Waals surface area contributed by atoms with E-state index in [1.165, 1.54) is 0 Å². The predicted molar refractivity (Wildman–Crippen MR) is 97.2 cm³/mol. The molecule has 4 heterocycles. The lowest BCUT2D eigenvalue weighted by Crippen LogP contribution is -2.37. The van der Waals surface area contributed by atoms with E-state index in [1.54, 1.807) is 18.7 Å². The summed E-state index contributed by atoms with van der Waals surface area (Å²) < 4.78 is 1.85. The van der Waals surface area contributed by atoms with E-state index in [9.17, 15) is 4.79 Å². The van der Waals surface area contributed by atoms with E-state index in [0.29, 0.717) is 12.1 Å². The molecule has 26 heavy (non-hydrogen) atoms.